The molecule has 0 bridgehead atoms. The van der Waals surface area contributed by atoms with Crippen molar-refractivity contribution in [3.63, 3.8) is 0 Å². The van der Waals surface area contributed by atoms with Crippen LogP contribution in [0.25, 0.3) is 0 Å². The van der Waals surface area contributed by atoms with Gasteiger partial charge in [0.2, 0.25) is 0 Å². The summed E-state index contributed by atoms with van der Waals surface area (Å²) < 4.78 is 5.07. The Bertz CT molecular complexity index is 254. The number of nitrogens with zero attached hydrogens (tertiary/aromatic N) is 1. The summed E-state index contributed by atoms with van der Waals surface area (Å²) in [4.78, 5) is 21.8. The topological polar surface area (TPSA) is 111 Å². The highest BCUT2D eigenvalue weighted by atomic mass is 16.5. The van der Waals surface area contributed by atoms with Gasteiger partial charge in [-0.15, -0.1) is 0 Å². The SMILES string of the molecule is O=C(N[C@@H](CO)C(=O)O)NN1CCOCC1. The molecule has 1 rings (SSSR count). The molecular formula is C8H15N3O5. The second-order valence-electron chi connectivity index (χ2n) is 3.26. The van der Waals surface area contributed by atoms with Gasteiger partial charge in [0.05, 0.1) is 19.8 Å². The number of ether oxygens (including phenoxy) is 1. The number of hydrogen-bond acceptors (Lipinski definition) is 5. The zero-order valence-corrected chi connectivity index (χ0v) is 8.68. The van der Waals surface area contributed by atoms with Crippen molar-refractivity contribution in [2.45, 2.75) is 6.04 Å². The molecular weight excluding hydrogens is 218 g/mol. The second kappa shape index (κ2) is 6.26. The van der Waals surface area contributed by atoms with Crippen LogP contribution in [0, 0.1) is 0 Å². The monoisotopic (exact) mass is 233 g/mol. The molecule has 0 radical (unpaired) electrons. The number of amides is 2. The predicted molar refractivity (Wildman–Crippen MR) is 52.6 cm³/mol. The van der Waals surface area contributed by atoms with Gasteiger partial charge in [-0.3, -0.25) is 5.43 Å². The third-order valence-corrected chi connectivity index (χ3v) is 2.06. The fraction of sp³-hybridized carbons (Fsp3) is 0.750. The first-order chi connectivity index (χ1) is 7.63. The van der Waals surface area contributed by atoms with Crippen LogP contribution in [0.5, 0.6) is 0 Å². The maximum Gasteiger partial charge on any atom is 0.330 e. The van der Waals surface area contributed by atoms with Crippen LogP contribution in [0.3, 0.4) is 0 Å². The maximum atomic E-state index is 11.3. The number of hydrazine groups is 1. The Labute approximate surface area is 92.1 Å². The van der Waals surface area contributed by atoms with Gasteiger partial charge in [-0.1, -0.05) is 0 Å². The van der Waals surface area contributed by atoms with Crippen molar-refractivity contribution >= 4 is 12.0 Å². The van der Waals surface area contributed by atoms with Crippen LogP contribution in [0.4, 0.5) is 4.79 Å². The minimum atomic E-state index is -1.29. The van der Waals surface area contributed by atoms with Crippen LogP contribution in [0.15, 0.2) is 0 Å². The molecule has 0 unspecified atom stereocenters. The van der Waals surface area contributed by atoms with Crippen LogP contribution >= 0.6 is 0 Å². The van der Waals surface area contributed by atoms with Crippen molar-refractivity contribution in [1.82, 2.24) is 15.8 Å². The minimum Gasteiger partial charge on any atom is -0.480 e. The first-order valence-electron chi connectivity index (χ1n) is 4.87. The van der Waals surface area contributed by atoms with Crippen molar-refractivity contribution in [2.75, 3.05) is 32.9 Å². The first-order valence-corrected chi connectivity index (χ1v) is 4.87. The van der Waals surface area contributed by atoms with Crippen LogP contribution in [0.1, 0.15) is 0 Å². The lowest BCUT2D eigenvalue weighted by molar-refractivity contribution is -0.140. The van der Waals surface area contributed by atoms with E-state index in [9.17, 15) is 9.59 Å². The summed E-state index contributed by atoms with van der Waals surface area (Å²) in [7, 11) is 0. The van der Waals surface area contributed by atoms with E-state index in [1.165, 1.54) is 0 Å². The first kappa shape index (κ1) is 12.7. The molecule has 1 fully saturated rings. The number of aliphatic carboxylic acids is 1. The number of hydrogen-bond donors (Lipinski definition) is 4. The number of carboxylic acids is 1. The molecule has 16 heavy (non-hydrogen) atoms. The quantitative estimate of drug-likeness (QED) is 0.446. The average molecular weight is 233 g/mol. The molecule has 1 aliphatic rings. The van der Waals surface area contributed by atoms with E-state index in [4.69, 9.17) is 14.9 Å². The molecule has 1 atom stereocenters. The lowest BCUT2D eigenvalue weighted by Gasteiger charge is -2.27. The van der Waals surface area contributed by atoms with Crippen LogP contribution in [0.2, 0.25) is 0 Å². The summed E-state index contributed by atoms with van der Waals surface area (Å²) in [6.07, 6.45) is 0. The van der Waals surface area contributed by atoms with Gasteiger partial charge < -0.3 is 20.3 Å². The number of aliphatic hydroxyl groups is 1. The van der Waals surface area contributed by atoms with E-state index < -0.39 is 24.6 Å². The van der Waals surface area contributed by atoms with Crippen molar-refractivity contribution in [3.8, 4) is 0 Å². The highest BCUT2D eigenvalue weighted by molar-refractivity contribution is 5.82. The number of carbonyl (C=O) groups is 2. The number of aliphatic hydroxyl groups excluding tert-OH is 1. The second-order valence-corrected chi connectivity index (χ2v) is 3.26. The highest BCUT2D eigenvalue weighted by Crippen LogP contribution is 1.92. The third-order valence-electron chi connectivity index (χ3n) is 2.06. The fourth-order valence-corrected chi connectivity index (χ4v) is 1.19. The summed E-state index contributed by atoms with van der Waals surface area (Å²) in [5.74, 6) is -1.28. The summed E-state index contributed by atoms with van der Waals surface area (Å²) in [6, 6.07) is -1.94. The summed E-state index contributed by atoms with van der Waals surface area (Å²) in [5.41, 5.74) is 2.47. The van der Waals surface area contributed by atoms with Crippen LogP contribution in [-0.4, -0.2) is 66.2 Å². The largest absolute Gasteiger partial charge is 0.480 e. The van der Waals surface area contributed by atoms with E-state index in [0.717, 1.165) is 0 Å². The van der Waals surface area contributed by atoms with E-state index >= 15 is 0 Å². The van der Waals surface area contributed by atoms with Crippen molar-refractivity contribution < 1.29 is 24.5 Å². The predicted octanol–water partition coefficient (Wildman–Crippen LogP) is -2.02. The molecule has 1 heterocycles. The van der Waals surface area contributed by atoms with Gasteiger partial charge >= 0.3 is 12.0 Å². The Balaban J connectivity index is 2.31. The normalized spacial score (nSPS) is 18.8. The van der Waals surface area contributed by atoms with Gasteiger partial charge in [0.25, 0.3) is 0 Å². The summed E-state index contributed by atoms with van der Waals surface area (Å²) >= 11 is 0. The Morgan fingerprint density at radius 1 is 1.38 bits per heavy atom. The fourth-order valence-electron chi connectivity index (χ4n) is 1.19. The molecule has 0 aromatic carbocycles. The number of rotatable bonds is 4. The van der Waals surface area contributed by atoms with E-state index in [1.54, 1.807) is 5.01 Å². The van der Waals surface area contributed by atoms with Gasteiger partial charge in [-0.25, -0.2) is 14.6 Å². The minimum absolute atomic E-state index is 0.517. The number of urea groups is 1. The van der Waals surface area contributed by atoms with Gasteiger partial charge in [-0.2, -0.15) is 0 Å². The lowest BCUT2D eigenvalue weighted by Crippen LogP contribution is -2.55. The van der Waals surface area contributed by atoms with Crippen molar-refractivity contribution in [2.24, 2.45) is 0 Å². The number of morpholine rings is 1. The number of carbonyl (C=O) groups excluding carboxylic acids is 1. The molecule has 0 aromatic heterocycles. The number of nitrogens with one attached hydrogen (secondary N) is 2. The molecule has 1 aliphatic heterocycles. The zero-order chi connectivity index (χ0) is 12.0. The zero-order valence-electron chi connectivity index (χ0n) is 8.68. The molecule has 8 heteroatoms. The molecule has 2 amide bonds. The Morgan fingerprint density at radius 2 is 2.00 bits per heavy atom. The van der Waals surface area contributed by atoms with E-state index in [1.807, 2.05) is 0 Å². The van der Waals surface area contributed by atoms with Gasteiger partial charge in [0, 0.05) is 13.1 Å². The van der Waals surface area contributed by atoms with Crippen molar-refractivity contribution in [3.05, 3.63) is 0 Å². The Hall–Kier alpha value is -1.38. The van der Waals surface area contributed by atoms with Gasteiger partial charge in [-0.05, 0) is 0 Å². The van der Waals surface area contributed by atoms with E-state index in [-0.39, 0.29) is 0 Å². The molecule has 92 valence electrons. The van der Waals surface area contributed by atoms with Crippen molar-refractivity contribution in [1.29, 1.82) is 0 Å². The molecule has 0 aromatic rings. The van der Waals surface area contributed by atoms with Crippen LogP contribution in [-0.2, 0) is 9.53 Å². The molecule has 8 nitrogen and oxygen atoms in total. The maximum absolute atomic E-state index is 11.3. The summed E-state index contributed by atoms with van der Waals surface area (Å²) in [5, 5.41) is 21.0. The Kier molecular flexibility index (Phi) is 4.96. The van der Waals surface area contributed by atoms with E-state index in [2.05, 4.69) is 10.7 Å². The smallest absolute Gasteiger partial charge is 0.330 e. The summed E-state index contributed by atoms with van der Waals surface area (Å²) in [6.45, 7) is 1.48. The number of carboxylic acid groups (broad SMARTS) is 1. The molecule has 0 saturated carbocycles. The van der Waals surface area contributed by atoms with Crippen LogP contribution < -0.4 is 10.7 Å². The molecule has 4 N–H and O–H groups in total. The third kappa shape index (κ3) is 4.01. The molecule has 0 spiro atoms. The van der Waals surface area contributed by atoms with E-state index in [0.29, 0.717) is 26.3 Å². The highest BCUT2D eigenvalue weighted by Gasteiger charge is 2.20. The van der Waals surface area contributed by atoms with Gasteiger partial charge in [0.1, 0.15) is 0 Å². The Morgan fingerprint density at radius 3 is 2.50 bits per heavy atom. The van der Waals surface area contributed by atoms with Gasteiger partial charge in [0.15, 0.2) is 6.04 Å². The average Bonchev–Trinajstić information content (AvgIpc) is 2.27. The standard InChI is InChI=1S/C8H15N3O5/c12-5-6(7(13)14)9-8(15)10-11-1-3-16-4-2-11/h6,12H,1-5H2,(H,13,14)(H2,9,10,15)/t6-/m0/s1. The molecule has 0 aliphatic carbocycles. The lowest BCUT2D eigenvalue weighted by atomic mass is 10.3. The molecule has 1 saturated heterocycles.